The summed E-state index contributed by atoms with van der Waals surface area (Å²) >= 11 is 0. The zero-order valence-corrected chi connectivity index (χ0v) is 15.4. The minimum Gasteiger partial charge on any atom is -0.508 e. The van der Waals surface area contributed by atoms with Crippen LogP contribution in [-0.4, -0.2) is 17.3 Å². The lowest BCUT2D eigenvalue weighted by Crippen LogP contribution is -2.31. The summed E-state index contributed by atoms with van der Waals surface area (Å²) < 4.78 is 11.0. The van der Waals surface area contributed by atoms with E-state index in [-0.39, 0.29) is 46.2 Å². The van der Waals surface area contributed by atoms with Gasteiger partial charge in [-0.3, -0.25) is 4.79 Å². The number of rotatable bonds is 3. The van der Waals surface area contributed by atoms with Crippen molar-refractivity contribution < 1.29 is 19.4 Å². The number of phenolic OH excluding ortho intramolecular Hbond substituents is 2. The van der Waals surface area contributed by atoms with Gasteiger partial charge in [0.05, 0.1) is 18.2 Å². The maximum absolute atomic E-state index is 13.1. The molecule has 0 atom stereocenters. The van der Waals surface area contributed by atoms with Crippen LogP contribution in [0.15, 0.2) is 45.6 Å². The molecule has 0 radical (unpaired) electrons. The second-order valence-corrected chi connectivity index (χ2v) is 6.42. The molecule has 6 nitrogen and oxygen atoms in total. The van der Waals surface area contributed by atoms with Crippen LogP contribution in [0.4, 0.5) is 0 Å². The highest BCUT2D eigenvalue weighted by molar-refractivity contribution is 5.89. The monoisotopic (exact) mass is 377 g/mol. The number of benzene rings is 2. The number of nitrogens with two attached hydrogens (primary N) is 1. The molecule has 2 aromatic carbocycles. The Hall–Kier alpha value is -2.70. The number of aromatic hydroxyl groups is 2. The number of ether oxygens (including phenoxy) is 1. The molecule has 1 heterocycles. The fourth-order valence-electron chi connectivity index (χ4n) is 2.76. The van der Waals surface area contributed by atoms with Crippen LogP contribution in [0, 0.1) is 0 Å². The molecule has 138 valence electrons. The molecule has 0 aliphatic rings. The largest absolute Gasteiger partial charge is 0.508 e. The van der Waals surface area contributed by atoms with Crippen molar-refractivity contribution in [2.45, 2.75) is 19.4 Å². The fourth-order valence-corrected chi connectivity index (χ4v) is 2.76. The van der Waals surface area contributed by atoms with Gasteiger partial charge in [0, 0.05) is 12.1 Å². The first kappa shape index (κ1) is 19.6. The summed E-state index contributed by atoms with van der Waals surface area (Å²) in [5.41, 5.74) is 5.77. The summed E-state index contributed by atoms with van der Waals surface area (Å²) in [5, 5.41) is 19.8. The van der Waals surface area contributed by atoms with Crippen molar-refractivity contribution in [1.29, 1.82) is 0 Å². The standard InChI is InChI=1S/C19H19NO5.ClH/c1-19(2,20)18-15(10-4-6-12(24-3)7-5-10)17(23)16-13(22)8-11(21)9-14(16)25-18;/h4-9,21-22H,20H2,1-3H3;1H. The van der Waals surface area contributed by atoms with Crippen molar-refractivity contribution in [3.63, 3.8) is 0 Å². The molecule has 0 aliphatic carbocycles. The molecule has 1 aromatic heterocycles. The molecule has 0 bridgehead atoms. The van der Waals surface area contributed by atoms with E-state index in [1.54, 1.807) is 45.2 Å². The Balaban J connectivity index is 0.00000243. The first-order chi connectivity index (χ1) is 11.7. The van der Waals surface area contributed by atoms with Crippen LogP contribution in [0.3, 0.4) is 0 Å². The molecule has 0 fully saturated rings. The van der Waals surface area contributed by atoms with Crippen LogP contribution >= 0.6 is 12.4 Å². The minimum absolute atomic E-state index is 0. The van der Waals surface area contributed by atoms with Crippen LogP contribution in [0.25, 0.3) is 22.1 Å². The van der Waals surface area contributed by atoms with Crippen LogP contribution in [0.2, 0.25) is 0 Å². The zero-order valence-electron chi connectivity index (χ0n) is 14.6. The summed E-state index contributed by atoms with van der Waals surface area (Å²) in [6.45, 7) is 3.43. The molecule has 4 N–H and O–H groups in total. The number of fused-ring (bicyclic) bond motifs is 1. The molecule has 0 saturated heterocycles. The summed E-state index contributed by atoms with van der Waals surface area (Å²) in [5.74, 6) is 0.362. The molecule has 0 spiro atoms. The quantitative estimate of drug-likeness (QED) is 0.645. The molecule has 0 aliphatic heterocycles. The Labute approximate surface area is 156 Å². The van der Waals surface area contributed by atoms with Gasteiger partial charge in [-0.15, -0.1) is 12.4 Å². The Bertz CT molecular complexity index is 1000. The van der Waals surface area contributed by atoms with Gasteiger partial charge in [0.25, 0.3) is 0 Å². The van der Waals surface area contributed by atoms with Crippen LogP contribution < -0.4 is 15.9 Å². The van der Waals surface area contributed by atoms with Gasteiger partial charge in [0.15, 0.2) is 0 Å². The lowest BCUT2D eigenvalue weighted by molar-refractivity contribution is 0.403. The third-order valence-electron chi connectivity index (χ3n) is 3.92. The average molecular weight is 378 g/mol. The maximum atomic E-state index is 13.1. The van der Waals surface area contributed by atoms with Crippen molar-refractivity contribution in [1.82, 2.24) is 0 Å². The molecule has 7 heteroatoms. The van der Waals surface area contributed by atoms with Crippen LogP contribution in [0.5, 0.6) is 17.2 Å². The predicted molar refractivity (Wildman–Crippen MR) is 102 cm³/mol. The number of hydrogen-bond donors (Lipinski definition) is 3. The normalized spacial score (nSPS) is 11.2. The maximum Gasteiger partial charge on any atom is 0.204 e. The molecular formula is C19H20ClNO5. The van der Waals surface area contributed by atoms with Gasteiger partial charge in [0.2, 0.25) is 5.43 Å². The SMILES string of the molecule is COc1ccc(-c2c(C(C)(C)N)oc3cc(O)cc(O)c3c2=O)cc1.Cl. The van der Waals surface area contributed by atoms with Crippen molar-refractivity contribution in [3.05, 3.63) is 52.4 Å². The average Bonchev–Trinajstić information content (AvgIpc) is 2.53. The molecule has 0 amide bonds. The van der Waals surface area contributed by atoms with E-state index >= 15 is 0 Å². The smallest absolute Gasteiger partial charge is 0.204 e. The fraction of sp³-hybridized carbons (Fsp3) is 0.211. The number of phenols is 2. The highest BCUT2D eigenvalue weighted by Gasteiger charge is 2.27. The van der Waals surface area contributed by atoms with Gasteiger partial charge in [-0.1, -0.05) is 12.1 Å². The molecule has 3 rings (SSSR count). The van der Waals surface area contributed by atoms with E-state index in [1.165, 1.54) is 6.07 Å². The number of hydrogen-bond acceptors (Lipinski definition) is 6. The Morgan fingerprint density at radius 2 is 1.73 bits per heavy atom. The minimum atomic E-state index is -0.955. The first-order valence-corrected chi connectivity index (χ1v) is 7.69. The number of methoxy groups -OCH3 is 1. The van der Waals surface area contributed by atoms with Crippen LogP contribution in [-0.2, 0) is 5.54 Å². The van der Waals surface area contributed by atoms with E-state index < -0.39 is 11.0 Å². The second kappa shape index (κ2) is 6.90. The van der Waals surface area contributed by atoms with E-state index in [4.69, 9.17) is 14.9 Å². The molecule has 3 aromatic rings. The Kier molecular flexibility index (Phi) is 5.21. The number of halogens is 1. The topological polar surface area (TPSA) is 106 Å². The van der Waals surface area contributed by atoms with E-state index in [9.17, 15) is 15.0 Å². The van der Waals surface area contributed by atoms with Gasteiger partial charge in [-0.25, -0.2) is 0 Å². The third-order valence-corrected chi connectivity index (χ3v) is 3.92. The van der Waals surface area contributed by atoms with Crippen molar-refractivity contribution in [3.8, 4) is 28.4 Å². The second-order valence-electron chi connectivity index (χ2n) is 6.42. The predicted octanol–water partition coefficient (Wildman–Crippen LogP) is 3.50. The van der Waals surface area contributed by atoms with Crippen molar-refractivity contribution in [2.24, 2.45) is 5.73 Å². The molecule has 0 saturated carbocycles. The van der Waals surface area contributed by atoms with Gasteiger partial charge < -0.3 is 25.1 Å². The highest BCUT2D eigenvalue weighted by Crippen LogP contribution is 2.35. The third kappa shape index (κ3) is 3.34. The van der Waals surface area contributed by atoms with Gasteiger partial charge >= 0.3 is 0 Å². The zero-order chi connectivity index (χ0) is 18.4. The van der Waals surface area contributed by atoms with Crippen LogP contribution in [0.1, 0.15) is 19.6 Å². The van der Waals surface area contributed by atoms with Gasteiger partial charge in [-0.2, -0.15) is 0 Å². The Morgan fingerprint density at radius 3 is 2.27 bits per heavy atom. The highest BCUT2D eigenvalue weighted by atomic mass is 35.5. The van der Waals surface area contributed by atoms with Gasteiger partial charge in [0.1, 0.15) is 34.0 Å². The molecular weight excluding hydrogens is 358 g/mol. The van der Waals surface area contributed by atoms with E-state index in [0.29, 0.717) is 11.3 Å². The van der Waals surface area contributed by atoms with Crippen molar-refractivity contribution in [2.75, 3.05) is 7.11 Å². The van der Waals surface area contributed by atoms with Crippen molar-refractivity contribution >= 4 is 23.4 Å². The first-order valence-electron chi connectivity index (χ1n) is 7.69. The summed E-state index contributed by atoms with van der Waals surface area (Å²) in [6, 6.07) is 9.28. The lowest BCUT2D eigenvalue weighted by Gasteiger charge is -2.21. The summed E-state index contributed by atoms with van der Waals surface area (Å²) in [6.07, 6.45) is 0. The Morgan fingerprint density at radius 1 is 1.12 bits per heavy atom. The molecule has 0 unspecified atom stereocenters. The van der Waals surface area contributed by atoms with E-state index in [2.05, 4.69) is 0 Å². The summed E-state index contributed by atoms with van der Waals surface area (Å²) in [4.78, 5) is 13.1. The molecule has 26 heavy (non-hydrogen) atoms. The summed E-state index contributed by atoms with van der Waals surface area (Å²) in [7, 11) is 1.55. The van der Waals surface area contributed by atoms with Gasteiger partial charge in [-0.05, 0) is 31.5 Å². The van der Waals surface area contributed by atoms with E-state index in [1.807, 2.05) is 0 Å². The van der Waals surface area contributed by atoms with E-state index in [0.717, 1.165) is 6.07 Å². The lowest BCUT2D eigenvalue weighted by atomic mass is 9.92.